The van der Waals surface area contributed by atoms with E-state index in [4.69, 9.17) is 27.9 Å². The molecule has 1 aromatic heterocycles. The van der Waals surface area contributed by atoms with Crippen LogP contribution in [0.5, 0.6) is 5.75 Å². The second kappa shape index (κ2) is 6.50. The molecule has 0 spiro atoms. The van der Waals surface area contributed by atoms with Gasteiger partial charge in [-0.3, -0.25) is 9.48 Å². The number of aryl methyl sites for hydroxylation is 2. The molecule has 0 aliphatic rings. The Bertz CT molecular complexity index is 681. The largest absolute Gasteiger partial charge is 0.486 e. The summed E-state index contributed by atoms with van der Waals surface area (Å²) in [5.41, 5.74) is 2.19. The van der Waals surface area contributed by atoms with Crippen LogP contribution < -0.4 is 4.74 Å². The molecule has 0 saturated heterocycles. The second-order valence-corrected chi connectivity index (χ2v) is 5.46. The molecule has 0 saturated carbocycles. The lowest BCUT2D eigenvalue weighted by molar-refractivity contribution is 0.101. The summed E-state index contributed by atoms with van der Waals surface area (Å²) < 4.78 is 7.40. The summed E-state index contributed by atoms with van der Waals surface area (Å²) in [4.78, 5) is 11.3. The predicted molar refractivity (Wildman–Crippen MR) is 83.4 cm³/mol. The van der Waals surface area contributed by atoms with Crippen LogP contribution in [0.1, 0.15) is 35.6 Å². The van der Waals surface area contributed by atoms with Gasteiger partial charge >= 0.3 is 0 Å². The third kappa shape index (κ3) is 3.39. The third-order valence-corrected chi connectivity index (χ3v) is 3.94. The number of hydrogen-bond donors (Lipinski definition) is 0. The van der Waals surface area contributed by atoms with E-state index in [0.29, 0.717) is 21.4 Å². The van der Waals surface area contributed by atoms with Gasteiger partial charge in [0.25, 0.3) is 0 Å². The summed E-state index contributed by atoms with van der Waals surface area (Å²) in [6, 6.07) is 4.97. The standard InChI is InChI=1S/C15H16Cl2N2O2/c1-4-12-15(17)13(19(3)18-12)8-21-14-6-5-10(9(2)20)7-11(14)16/h5-7H,4,8H2,1-3H3. The van der Waals surface area contributed by atoms with Crippen LogP contribution in [0, 0.1) is 0 Å². The van der Waals surface area contributed by atoms with Gasteiger partial charge in [0.1, 0.15) is 12.4 Å². The molecule has 112 valence electrons. The molecule has 1 heterocycles. The van der Waals surface area contributed by atoms with Crippen LogP contribution in [0.25, 0.3) is 0 Å². The van der Waals surface area contributed by atoms with E-state index >= 15 is 0 Å². The first kappa shape index (κ1) is 15.9. The number of halogens is 2. The van der Waals surface area contributed by atoms with Crippen molar-refractivity contribution in [2.24, 2.45) is 7.05 Å². The van der Waals surface area contributed by atoms with Crippen molar-refractivity contribution in [2.75, 3.05) is 0 Å². The number of hydrogen-bond acceptors (Lipinski definition) is 3. The fraction of sp³-hybridized carbons (Fsp3) is 0.333. The molecule has 0 fully saturated rings. The first-order valence-electron chi connectivity index (χ1n) is 6.57. The van der Waals surface area contributed by atoms with E-state index in [1.54, 1.807) is 22.9 Å². The Morgan fingerprint density at radius 1 is 1.38 bits per heavy atom. The minimum absolute atomic E-state index is 0.0364. The molecule has 2 rings (SSSR count). The maximum Gasteiger partial charge on any atom is 0.159 e. The molecule has 0 N–H and O–H groups in total. The van der Waals surface area contributed by atoms with Gasteiger partial charge < -0.3 is 4.74 Å². The maximum absolute atomic E-state index is 11.3. The molecule has 4 nitrogen and oxygen atoms in total. The Kier molecular flexibility index (Phi) is 4.91. The summed E-state index contributed by atoms with van der Waals surface area (Å²) >= 11 is 12.4. The SMILES string of the molecule is CCc1nn(C)c(COc2ccc(C(C)=O)cc2Cl)c1Cl. The third-order valence-electron chi connectivity index (χ3n) is 3.21. The Morgan fingerprint density at radius 3 is 2.62 bits per heavy atom. The Balaban J connectivity index is 2.17. The van der Waals surface area contributed by atoms with Gasteiger partial charge in [0.15, 0.2) is 5.78 Å². The van der Waals surface area contributed by atoms with Crippen molar-refractivity contribution in [3.05, 3.63) is 45.2 Å². The van der Waals surface area contributed by atoms with Gasteiger partial charge in [-0.25, -0.2) is 0 Å². The zero-order valence-electron chi connectivity index (χ0n) is 12.1. The van der Waals surface area contributed by atoms with Gasteiger partial charge in [0.05, 0.1) is 21.4 Å². The molecular weight excluding hydrogens is 311 g/mol. The number of ether oxygens (including phenoxy) is 1. The van der Waals surface area contributed by atoms with E-state index in [0.717, 1.165) is 17.8 Å². The zero-order valence-corrected chi connectivity index (χ0v) is 13.6. The highest BCUT2D eigenvalue weighted by Crippen LogP contribution is 2.28. The highest BCUT2D eigenvalue weighted by atomic mass is 35.5. The van der Waals surface area contributed by atoms with Crippen LogP contribution in [-0.2, 0) is 20.1 Å². The number of carbonyl (C=O) groups is 1. The van der Waals surface area contributed by atoms with Crippen molar-refractivity contribution in [3.63, 3.8) is 0 Å². The molecule has 0 bridgehead atoms. The monoisotopic (exact) mass is 326 g/mol. The maximum atomic E-state index is 11.3. The molecule has 6 heteroatoms. The van der Waals surface area contributed by atoms with Gasteiger partial charge in [-0.2, -0.15) is 5.10 Å². The van der Waals surface area contributed by atoms with Gasteiger partial charge in [-0.1, -0.05) is 30.1 Å². The van der Waals surface area contributed by atoms with Crippen LogP contribution in [0.3, 0.4) is 0 Å². The summed E-state index contributed by atoms with van der Waals surface area (Å²) in [6.45, 7) is 3.76. The minimum Gasteiger partial charge on any atom is -0.486 e. The first-order valence-corrected chi connectivity index (χ1v) is 7.33. The number of carbonyl (C=O) groups excluding carboxylic acids is 1. The van der Waals surface area contributed by atoms with Crippen molar-refractivity contribution >= 4 is 29.0 Å². The highest BCUT2D eigenvalue weighted by Gasteiger charge is 2.14. The molecule has 0 aliphatic heterocycles. The second-order valence-electron chi connectivity index (χ2n) is 4.67. The summed E-state index contributed by atoms with van der Waals surface area (Å²) in [5.74, 6) is 0.475. The molecule has 21 heavy (non-hydrogen) atoms. The highest BCUT2D eigenvalue weighted by molar-refractivity contribution is 6.32. The summed E-state index contributed by atoms with van der Waals surface area (Å²) in [7, 11) is 1.82. The summed E-state index contributed by atoms with van der Waals surface area (Å²) in [5, 5.41) is 5.35. The van der Waals surface area contributed by atoms with Crippen LogP contribution >= 0.6 is 23.2 Å². The van der Waals surface area contributed by atoms with Crippen LogP contribution in [0.2, 0.25) is 10.0 Å². The van der Waals surface area contributed by atoms with Gasteiger partial charge in [-0.15, -0.1) is 0 Å². The van der Waals surface area contributed by atoms with Gasteiger partial charge in [0.2, 0.25) is 0 Å². The average Bonchev–Trinajstić information content (AvgIpc) is 2.72. The van der Waals surface area contributed by atoms with E-state index < -0.39 is 0 Å². The predicted octanol–water partition coefficient (Wildman–Crippen LogP) is 4.07. The lowest BCUT2D eigenvalue weighted by atomic mass is 10.1. The van der Waals surface area contributed by atoms with Crippen molar-refractivity contribution in [1.82, 2.24) is 9.78 Å². The Labute approximate surface area is 133 Å². The van der Waals surface area contributed by atoms with Crippen molar-refractivity contribution in [1.29, 1.82) is 0 Å². The number of rotatable bonds is 5. The molecule has 0 atom stereocenters. The van der Waals surface area contributed by atoms with Crippen LogP contribution in [0.15, 0.2) is 18.2 Å². The smallest absolute Gasteiger partial charge is 0.159 e. The van der Waals surface area contributed by atoms with E-state index in [2.05, 4.69) is 5.10 Å². The van der Waals surface area contributed by atoms with Gasteiger partial charge in [0, 0.05) is 12.6 Å². The fourth-order valence-corrected chi connectivity index (χ4v) is 2.54. The number of ketones is 1. The lowest BCUT2D eigenvalue weighted by Crippen LogP contribution is -2.04. The first-order chi connectivity index (χ1) is 9.93. The number of benzene rings is 1. The molecule has 0 radical (unpaired) electrons. The number of Topliss-reactive ketones (excluding diaryl/α,β-unsaturated/α-hetero) is 1. The molecule has 0 unspecified atom stereocenters. The van der Waals surface area contributed by atoms with Crippen molar-refractivity contribution in [2.45, 2.75) is 26.9 Å². The molecular formula is C15H16Cl2N2O2. The average molecular weight is 327 g/mol. The number of aromatic nitrogens is 2. The van der Waals surface area contributed by atoms with E-state index in [1.807, 2.05) is 14.0 Å². The Hall–Kier alpha value is -1.52. The van der Waals surface area contributed by atoms with E-state index in [1.165, 1.54) is 6.92 Å². The van der Waals surface area contributed by atoms with Crippen LogP contribution in [0.4, 0.5) is 0 Å². The molecule has 0 amide bonds. The molecule has 1 aromatic carbocycles. The number of nitrogens with zero attached hydrogens (tertiary/aromatic N) is 2. The summed E-state index contributed by atoms with van der Waals surface area (Å²) in [6.07, 6.45) is 0.765. The molecule has 0 aliphatic carbocycles. The molecule has 2 aromatic rings. The normalized spacial score (nSPS) is 10.7. The van der Waals surface area contributed by atoms with Crippen LogP contribution in [-0.4, -0.2) is 15.6 Å². The lowest BCUT2D eigenvalue weighted by Gasteiger charge is -2.09. The van der Waals surface area contributed by atoms with Gasteiger partial charge in [-0.05, 0) is 31.5 Å². The fourth-order valence-electron chi connectivity index (χ4n) is 1.96. The van der Waals surface area contributed by atoms with E-state index in [-0.39, 0.29) is 12.4 Å². The van der Waals surface area contributed by atoms with Crippen molar-refractivity contribution in [3.8, 4) is 5.75 Å². The zero-order chi connectivity index (χ0) is 15.6. The van der Waals surface area contributed by atoms with Crippen molar-refractivity contribution < 1.29 is 9.53 Å². The quantitative estimate of drug-likeness (QED) is 0.778. The topological polar surface area (TPSA) is 44.1 Å². The minimum atomic E-state index is -0.0364. The van der Waals surface area contributed by atoms with E-state index in [9.17, 15) is 4.79 Å². The Morgan fingerprint density at radius 2 is 2.10 bits per heavy atom.